The maximum Gasteiger partial charge on any atom is 0.217 e. The Kier molecular flexibility index (Phi) is 26.0. The first-order valence-corrected chi connectivity index (χ1v) is 7.04. The van der Waals surface area contributed by atoms with Crippen LogP contribution in [0.3, 0.4) is 0 Å². The predicted octanol–water partition coefficient (Wildman–Crippen LogP) is 2.87. The maximum absolute atomic E-state index is 9.82. The van der Waals surface area contributed by atoms with Crippen LogP contribution in [0.15, 0.2) is 0 Å². The van der Waals surface area contributed by atoms with Gasteiger partial charge >= 0.3 is 0 Å². The zero-order valence-corrected chi connectivity index (χ0v) is 13.4. The third-order valence-electron chi connectivity index (χ3n) is 1.20. The number of tetrazole rings is 1. The molecule has 1 rings (SSSR count). The number of carbonyl (C=O) groups is 1. The number of nitrogens with zero attached hydrogens (tertiary/aromatic N) is 3. The van der Waals surface area contributed by atoms with E-state index in [0.29, 0.717) is 6.42 Å². The van der Waals surface area contributed by atoms with Crippen molar-refractivity contribution in [2.45, 2.75) is 73.6 Å². The molecule has 1 heterocycles. The Morgan fingerprint density at radius 3 is 1.68 bits per heavy atom. The van der Waals surface area contributed by atoms with Gasteiger partial charge < -0.3 is 5.73 Å². The van der Waals surface area contributed by atoms with Gasteiger partial charge in [0, 0.05) is 12.8 Å². The van der Waals surface area contributed by atoms with E-state index in [-0.39, 0.29) is 5.91 Å². The van der Waals surface area contributed by atoms with E-state index >= 15 is 0 Å². The molecule has 0 atom stereocenters. The number of hydrogen-bond donors (Lipinski definition) is 2. The van der Waals surface area contributed by atoms with Gasteiger partial charge in [0.05, 0.1) is 0 Å². The zero-order valence-electron chi connectivity index (χ0n) is 13.4. The number of nitrogens with two attached hydrogens (primary N) is 1. The number of aromatic nitrogens is 4. The summed E-state index contributed by atoms with van der Waals surface area (Å²) in [5.41, 5.74) is 4.76. The van der Waals surface area contributed by atoms with Gasteiger partial charge in [-0.2, -0.15) is 5.21 Å². The number of aryl methyl sites for hydroxylation is 1. The molecule has 0 bridgehead atoms. The molecule has 6 nitrogen and oxygen atoms in total. The van der Waals surface area contributed by atoms with E-state index in [4.69, 9.17) is 5.73 Å². The molecule has 114 valence electrons. The van der Waals surface area contributed by atoms with Crippen LogP contribution in [0.4, 0.5) is 0 Å². The highest BCUT2D eigenvalue weighted by atomic mass is 16.1. The van der Waals surface area contributed by atoms with Gasteiger partial charge in [-0.3, -0.25) is 4.79 Å². The summed E-state index contributed by atoms with van der Waals surface area (Å²) in [7, 11) is 0. The summed E-state index contributed by atoms with van der Waals surface area (Å²) in [6, 6.07) is 0. The van der Waals surface area contributed by atoms with E-state index in [1.54, 1.807) is 0 Å². The van der Waals surface area contributed by atoms with Crippen molar-refractivity contribution < 1.29 is 4.79 Å². The van der Waals surface area contributed by atoms with E-state index in [1.165, 1.54) is 12.8 Å². The van der Waals surface area contributed by atoms with Gasteiger partial charge in [-0.1, -0.05) is 59.6 Å². The lowest BCUT2D eigenvalue weighted by atomic mass is 10.3. The van der Waals surface area contributed by atoms with E-state index < -0.39 is 0 Å². The van der Waals surface area contributed by atoms with Crippen molar-refractivity contribution in [2.24, 2.45) is 5.73 Å². The van der Waals surface area contributed by atoms with Gasteiger partial charge in [0.25, 0.3) is 0 Å². The van der Waals surface area contributed by atoms with Crippen LogP contribution in [0.1, 0.15) is 73.1 Å². The number of primary amides is 1. The molecule has 0 fully saturated rings. The average Bonchev–Trinajstić information content (AvgIpc) is 2.84. The second-order valence-electron chi connectivity index (χ2n) is 3.81. The van der Waals surface area contributed by atoms with Crippen molar-refractivity contribution in [3.05, 3.63) is 5.82 Å². The Hall–Kier alpha value is -1.46. The molecule has 1 amide bonds. The summed E-state index contributed by atoms with van der Waals surface area (Å²) in [6.45, 7) is 12.4. The quantitative estimate of drug-likeness (QED) is 0.884. The van der Waals surface area contributed by atoms with Gasteiger partial charge in [-0.15, -0.1) is 10.2 Å². The van der Waals surface area contributed by atoms with E-state index in [9.17, 15) is 4.79 Å². The molecule has 0 radical (unpaired) electrons. The second-order valence-corrected chi connectivity index (χ2v) is 3.81. The number of H-pyrrole nitrogens is 1. The van der Waals surface area contributed by atoms with E-state index in [2.05, 4.69) is 48.3 Å². The SMILES string of the molecule is CCC.CCC.CCCC(N)=O.CCc1nn[nH]n1. The normalized spacial score (nSPS) is 7.89. The average molecular weight is 273 g/mol. The van der Waals surface area contributed by atoms with Crippen molar-refractivity contribution >= 4 is 5.91 Å². The molecule has 19 heavy (non-hydrogen) atoms. The van der Waals surface area contributed by atoms with Gasteiger partial charge in [0.1, 0.15) is 0 Å². The highest BCUT2D eigenvalue weighted by Crippen LogP contribution is 1.80. The lowest BCUT2D eigenvalue weighted by Crippen LogP contribution is -2.08. The maximum atomic E-state index is 9.82. The van der Waals surface area contributed by atoms with Crippen LogP contribution in [-0.4, -0.2) is 26.5 Å². The fraction of sp³-hybridized carbons (Fsp3) is 0.846. The van der Waals surface area contributed by atoms with Crippen molar-refractivity contribution in [2.75, 3.05) is 0 Å². The molecule has 0 aliphatic carbocycles. The van der Waals surface area contributed by atoms with Crippen LogP contribution in [0.5, 0.6) is 0 Å². The van der Waals surface area contributed by atoms with Crippen molar-refractivity contribution in [3.8, 4) is 0 Å². The third kappa shape index (κ3) is 31.5. The molecule has 1 aromatic rings. The first kappa shape index (κ1) is 22.7. The Morgan fingerprint density at radius 1 is 1.11 bits per heavy atom. The topological polar surface area (TPSA) is 97.5 Å². The molecule has 0 aliphatic heterocycles. The van der Waals surface area contributed by atoms with Crippen LogP contribution in [0.25, 0.3) is 0 Å². The Labute approximate surface area is 117 Å². The van der Waals surface area contributed by atoms with Crippen LogP contribution in [0.2, 0.25) is 0 Å². The van der Waals surface area contributed by atoms with Crippen molar-refractivity contribution in [1.82, 2.24) is 20.6 Å². The molecular formula is C13H31N5O. The van der Waals surface area contributed by atoms with Crippen LogP contribution < -0.4 is 5.73 Å². The molecule has 0 saturated heterocycles. The van der Waals surface area contributed by atoms with Gasteiger partial charge in [-0.05, 0) is 6.42 Å². The molecule has 1 aromatic heterocycles. The van der Waals surface area contributed by atoms with E-state index in [0.717, 1.165) is 18.7 Å². The smallest absolute Gasteiger partial charge is 0.217 e. The number of nitrogens with one attached hydrogen (secondary N) is 1. The van der Waals surface area contributed by atoms with E-state index in [1.807, 2.05) is 13.8 Å². The van der Waals surface area contributed by atoms with Gasteiger partial charge in [0.15, 0.2) is 5.82 Å². The summed E-state index contributed by atoms with van der Waals surface area (Å²) in [5.74, 6) is 0.553. The minimum Gasteiger partial charge on any atom is -0.370 e. The standard InChI is InChI=1S/C4H9NO.C3H6N4.2C3H8/c1-2-3-4(5)6;1-2-3-4-6-7-5-3;2*1-3-2/h2-3H2,1H3,(H2,5,6);2H2,1H3,(H,4,5,6,7);2*3H2,1-2H3. The number of carbonyl (C=O) groups excluding carboxylic acids is 1. The second kappa shape index (κ2) is 21.8. The summed E-state index contributed by atoms with van der Waals surface area (Å²) < 4.78 is 0. The summed E-state index contributed by atoms with van der Waals surface area (Å²) >= 11 is 0. The first-order valence-electron chi connectivity index (χ1n) is 7.04. The Balaban J connectivity index is -0.000000195. The lowest BCUT2D eigenvalue weighted by Gasteiger charge is -1.81. The first-order chi connectivity index (χ1) is 9.03. The minimum absolute atomic E-state index is 0.211. The van der Waals surface area contributed by atoms with Crippen LogP contribution >= 0.6 is 0 Å². The monoisotopic (exact) mass is 273 g/mol. The predicted molar refractivity (Wildman–Crippen MR) is 79.6 cm³/mol. The number of rotatable bonds is 3. The molecule has 0 aliphatic rings. The van der Waals surface area contributed by atoms with Crippen molar-refractivity contribution in [1.29, 1.82) is 0 Å². The molecule has 6 heteroatoms. The number of hydrogen-bond acceptors (Lipinski definition) is 4. The highest BCUT2D eigenvalue weighted by molar-refractivity contribution is 5.73. The van der Waals surface area contributed by atoms with Gasteiger partial charge in [-0.25, -0.2) is 0 Å². The number of aromatic amines is 1. The summed E-state index contributed by atoms with van der Waals surface area (Å²) in [6.07, 6.45) is 4.71. The molecule has 0 spiro atoms. The fourth-order valence-corrected chi connectivity index (χ4v) is 0.579. The fourth-order valence-electron chi connectivity index (χ4n) is 0.579. The largest absolute Gasteiger partial charge is 0.370 e. The molecule has 0 saturated carbocycles. The van der Waals surface area contributed by atoms with Crippen molar-refractivity contribution in [3.63, 3.8) is 0 Å². The molecular weight excluding hydrogens is 242 g/mol. The molecule has 0 unspecified atom stereocenters. The zero-order chi connectivity index (χ0) is 15.5. The van der Waals surface area contributed by atoms with Gasteiger partial charge in [0.2, 0.25) is 5.91 Å². The Morgan fingerprint density at radius 2 is 1.58 bits per heavy atom. The minimum atomic E-state index is -0.211. The number of amides is 1. The summed E-state index contributed by atoms with van der Waals surface area (Å²) in [5, 5.41) is 13.1. The molecule has 0 aromatic carbocycles. The van der Waals surface area contributed by atoms with Crippen LogP contribution in [0, 0.1) is 0 Å². The Bertz CT molecular complexity index is 248. The third-order valence-corrected chi connectivity index (χ3v) is 1.20. The highest BCUT2D eigenvalue weighted by Gasteiger charge is 1.87. The molecule has 3 N–H and O–H groups in total. The summed E-state index contributed by atoms with van der Waals surface area (Å²) in [4.78, 5) is 9.82. The lowest BCUT2D eigenvalue weighted by molar-refractivity contribution is -0.118. The van der Waals surface area contributed by atoms with Crippen LogP contribution in [-0.2, 0) is 11.2 Å².